The van der Waals surface area contributed by atoms with E-state index in [1.54, 1.807) is 0 Å². The number of allylic oxidation sites excluding steroid dienone is 1. The summed E-state index contributed by atoms with van der Waals surface area (Å²) in [4.78, 5) is 0. The topological polar surface area (TPSA) is 20.2 Å². The number of rotatable bonds is 0. The van der Waals surface area contributed by atoms with Gasteiger partial charge in [-0.15, -0.1) is 0 Å². The van der Waals surface area contributed by atoms with Crippen LogP contribution in [0.5, 0.6) is 0 Å². The average molecular weight is 138 g/mol. The third kappa shape index (κ3) is 0.891. The Morgan fingerprint density at radius 1 is 1.30 bits per heavy atom. The lowest BCUT2D eigenvalue weighted by Gasteiger charge is -2.35. The third-order valence-electron chi connectivity index (χ3n) is 2.86. The van der Waals surface area contributed by atoms with Crippen molar-refractivity contribution in [2.24, 2.45) is 11.8 Å². The number of fused-ring (bicyclic) bond motifs is 2. The summed E-state index contributed by atoms with van der Waals surface area (Å²) in [5, 5.41) is 9.64. The Morgan fingerprint density at radius 2 is 2.20 bits per heavy atom. The fourth-order valence-electron chi connectivity index (χ4n) is 2.20. The predicted octanol–water partition coefficient (Wildman–Crippen LogP) is 1.72. The molecule has 1 nitrogen and oxygen atoms in total. The first-order chi connectivity index (χ1) is 4.88. The zero-order chi connectivity index (χ0) is 6.97. The molecule has 0 aliphatic heterocycles. The zero-order valence-electron chi connectivity index (χ0n) is 6.16. The van der Waals surface area contributed by atoms with Gasteiger partial charge in [0.2, 0.25) is 0 Å². The Hall–Kier alpha value is -0.300. The van der Waals surface area contributed by atoms with Gasteiger partial charge >= 0.3 is 0 Å². The van der Waals surface area contributed by atoms with Crippen molar-refractivity contribution < 1.29 is 5.11 Å². The number of aliphatic hydroxyl groups is 1. The Kier molecular flexibility index (Phi) is 1.53. The van der Waals surface area contributed by atoms with E-state index in [9.17, 15) is 5.11 Å². The van der Waals surface area contributed by atoms with Gasteiger partial charge < -0.3 is 5.11 Å². The number of hydrogen-bond acceptors (Lipinski definition) is 1. The molecule has 0 amide bonds. The van der Waals surface area contributed by atoms with Crippen LogP contribution in [0.4, 0.5) is 0 Å². The molecular formula is C9H14O. The fraction of sp³-hybridized carbons (Fsp3) is 0.778. The largest absolute Gasteiger partial charge is 0.392 e. The molecule has 1 N–H and O–H groups in total. The molecule has 0 aromatic heterocycles. The van der Waals surface area contributed by atoms with Crippen LogP contribution >= 0.6 is 0 Å². The first kappa shape index (κ1) is 6.41. The molecule has 0 aromatic carbocycles. The smallest absolute Gasteiger partial charge is 0.0633 e. The lowest BCUT2D eigenvalue weighted by molar-refractivity contribution is 0.0315. The molecule has 2 rings (SSSR count). The minimum atomic E-state index is -0.0150. The van der Waals surface area contributed by atoms with E-state index in [0.717, 1.165) is 6.42 Å². The van der Waals surface area contributed by atoms with Crippen LogP contribution in [0.2, 0.25) is 0 Å². The summed E-state index contributed by atoms with van der Waals surface area (Å²) >= 11 is 0. The molecule has 0 heterocycles. The van der Waals surface area contributed by atoms with Crippen LogP contribution in [-0.4, -0.2) is 11.2 Å². The SMILES string of the molecule is O[C@H]1[C@@H]2CC=C[C@H]1CCC2. The van der Waals surface area contributed by atoms with Crippen molar-refractivity contribution >= 4 is 0 Å². The van der Waals surface area contributed by atoms with Gasteiger partial charge in [-0.05, 0) is 25.2 Å². The fourth-order valence-corrected chi connectivity index (χ4v) is 2.20. The molecule has 0 unspecified atom stereocenters. The van der Waals surface area contributed by atoms with Crippen LogP contribution in [-0.2, 0) is 0 Å². The predicted molar refractivity (Wildman–Crippen MR) is 40.6 cm³/mol. The summed E-state index contributed by atoms with van der Waals surface area (Å²) in [6.07, 6.45) is 9.28. The molecule has 0 radical (unpaired) electrons. The van der Waals surface area contributed by atoms with Gasteiger partial charge in [0.25, 0.3) is 0 Å². The van der Waals surface area contributed by atoms with Crippen molar-refractivity contribution in [3.63, 3.8) is 0 Å². The first-order valence-electron chi connectivity index (χ1n) is 4.22. The first-order valence-corrected chi connectivity index (χ1v) is 4.22. The lowest BCUT2D eigenvalue weighted by atomic mass is 9.74. The molecule has 10 heavy (non-hydrogen) atoms. The number of aliphatic hydroxyl groups excluding tert-OH is 1. The van der Waals surface area contributed by atoms with Gasteiger partial charge in [0.1, 0.15) is 0 Å². The van der Waals surface area contributed by atoms with Crippen molar-refractivity contribution in [1.29, 1.82) is 0 Å². The molecule has 2 aliphatic rings. The summed E-state index contributed by atoms with van der Waals surface area (Å²) in [5.74, 6) is 1.08. The van der Waals surface area contributed by atoms with E-state index in [-0.39, 0.29) is 6.10 Å². The third-order valence-corrected chi connectivity index (χ3v) is 2.86. The van der Waals surface area contributed by atoms with Gasteiger partial charge in [0, 0.05) is 5.92 Å². The molecular weight excluding hydrogens is 124 g/mol. The summed E-state index contributed by atoms with van der Waals surface area (Å²) in [7, 11) is 0. The maximum absolute atomic E-state index is 9.64. The normalized spacial score (nSPS) is 45.5. The number of hydrogen-bond donors (Lipinski definition) is 1. The van der Waals surface area contributed by atoms with E-state index in [0.29, 0.717) is 11.8 Å². The minimum Gasteiger partial charge on any atom is -0.392 e. The molecule has 3 atom stereocenters. The molecule has 1 heteroatoms. The summed E-state index contributed by atoms with van der Waals surface area (Å²) in [5.41, 5.74) is 0. The minimum absolute atomic E-state index is 0.0150. The summed E-state index contributed by atoms with van der Waals surface area (Å²) < 4.78 is 0. The molecule has 1 saturated carbocycles. The van der Waals surface area contributed by atoms with Gasteiger partial charge in [0.05, 0.1) is 6.10 Å². The second-order valence-corrected chi connectivity index (χ2v) is 3.51. The van der Waals surface area contributed by atoms with Crippen LogP contribution in [0.3, 0.4) is 0 Å². The summed E-state index contributed by atoms with van der Waals surface area (Å²) in [6, 6.07) is 0. The standard InChI is InChI=1S/C9H14O/c10-9-7-3-1-4-8(9)6-2-5-7/h1,3,7-10H,2,4-6H2/t7-,8+,9+/m0/s1. The maximum atomic E-state index is 9.64. The van der Waals surface area contributed by atoms with Crippen molar-refractivity contribution in [1.82, 2.24) is 0 Å². The molecule has 1 fully saturated rings. The quantitative estimate of drug-likeness (QED) is 0.505. The Bertz CT molecular complexity index is 151. The molecule has 0 saturated heterocycles. The average Bonchev–Trinajstić information content (AvgIpc) is 1.86. The van der Waals surface area contributed by atoms with E-state index in [2.05, 4.69) is 12.2 Å². The van der Waals surface area contributed by atoms with Gasteiger partial charge in [-0.2, -0.15) is 0 Å². The highest BCUT2D eigenvalue weighted by Gasteiger charge is 2.31. The second kappa shape index (κ2) is 2.39. The van der Waals surface area contributed by atoms with Gasteiger partial charge in [-0.1, -0.05) is 18.6 Å². The van der Waals surface area contributed by atoms with Crippen LogP contribution in [0.1, 0.15) is 25.7 Å². The van der Waals surface area contributed by atoms with E-state index in [1.165, 1.54) is 19.3 Å². The molecule has 56 valence electrons. The lowest BCUT2D eigenvalue weighted by Crippen LogP contribution is -2.34. The highest BCUT2D eigenvalue weighted by atomic mass is 16.3. The second-order valence-electron chi connectivity index (χ2n) is 3.51. The zero-order valence-corrected chi connectivity index (χ0v) is 6.16. The summed E-state index contributed by atoms with van der Waals surface area (Å²) in [6.45, 7) is 0. The molecule has 2 bridgehead atoms. The van der Waals surface area contributed by atoms with E-state index in [1.807, 2.05) is 0 Å². The van der Waals surface area contributed by atoms with E-state index in [4.69, 9.17) is 0 Å². The molecule has 0 aromatic rings. The van der Waals surface area contributed by atoms with Crippen LogP contribution in [0.25, 0.3) is 0 Å². The van der Waals surface area contributed by atoms with Crippen LogP contribution in [0, 0.1) is 11.8 Å². The van der Waals surface area contributed by atoms with Crippen molar-refractivity contribution in [3.05, 3.63) is 12.2 Å². The molecule has 0 spiro atoms. The Labute approximate surface area is 61.8 Å². The van der Waals surface area contributed by atoms with Crippen molar-refractivity contribution in [2.45, 2.75) is 31.8 Å². The van der Waals surface area contributed by atoms with Crippen molar-refractivity contribution in [2.75, 3.05) is 0 Å². The van der Waals surface area contributed by atoms with Gasteiger partial charge in [0.15, 0.2) is 0 Å². The highest BCUT2D eigenvalue weighted by molar-refractivity contribution is 5.03. The molecule has 2 aliphatic carbocycles. The monoisotopic (exact) mass is 138 g/mol. The van der Waals surface area contributed by atoms with Crippen LogP contribution in [0.15, 0.2) is 12.2 Å². The highest BCUT2D eigenvalue weighted by Crippen LogP contribution is 2.35. The van der Waals surface area contributed by atoms with Gasteiger partial charge in [-0.3, -0.25) is 0 Å². The Morgan fingerprint density at radius 3 is 2.90 bits per heavy atom. The van der Waals surface area contributed by atoms with E-state index < -0.39 is 0 Å². The van der Waals surface area contributed by atoms with Gasteiger partial charge in [-0.25, -0.2) is 0 Å². The van der Waals surface area contributed by atoms with Crippen molar-refractivity contribution in [3.8, 4) is 0 Å². The maximum Gasteiger partial charge on any atom is 0.0633 e. The Balaban J connectivity index is 2.17. The van der Waals surface area contributed by atoms with E-state index >= 15 is 0 Å². The van der Waals surface area contributed by atoms with Crippen LogP contribution < -0.4 is 0 Å².